The molecule has 0 heterocycles. The van der Waals surface area contributed by atoms with Gasteiger partial charge in [0.1, 0.15) is 11.5 Å². The molecule has 0 saturated heterocycles. The molecule has 3 aromatic rings. The van der Waals surface area contributed by atoms with Gasteiger partial charge in [0, 0.05) is 5.56 Å². The third kappa shape index (κ3) is 4.73. The number of hydrogen-bond donors (Lipinski definition) is 1. The van der Waals surface area contributed by atoms with E-state index in [0.29, 0.717) is 22.6 Å². The molecule has 27 heavy (non-hydrogen) atoms. The minimum Gasteiger partial charge on any atom is -0.462 e. The third-order valence-corrected chi connectivity index (χ3v) is 3.77. The standard InChI is InChI=1S/C22H19NO4/c1-2-26-22(25)19-10-6-7-11-20(19)23-21(24)16-12-14-18(15-13-16)27-17-8-4-3-5-9-17/h3-15H,2H2,1H3,(H,23,24). The first-order chi connectivity index (χ1) is 13.2. The maximum absolute atomic E-state index is 12.5. The van der Waals surface area contributed by atoms with Crippen molar-refractivity contribution in [2.45, 2.75) is 6.92 Å². The highest BCUT2D eigenvalue weighted by molar-refractivity contribution is 6.08. The van der Waals surface area contributed by atoms with Crippen LogP contribution < -0.4 is 10.1 Å². The second-order valence-electron chi connectivity index (χ2n) is 5.66. The molecule has 5 nitrogen and oxygen atoms in total. The molecule has 0 fully saturated rings. The minimum atomic E-state index is -0.472. The van der Waals surface area contributed by atoms with Crippen LogP contribution in [-0.4, -0.2) is 18.5 Å². The van der Waals surface area contributed by atoms with Crippen LogP contribution in [0.5, 0.6) is 11.5 Å². The van der Waals surface area contributed by atoms with Crippen LogP contribution >= 0.6 is 0 Å². The molecule has 0 spiro atoms. The van der Waals surface area contributed by atoms with Crippen molar-refractivity contribution >= 4 is 17.6 Å². The summed E-state index contributed by atoms with van der Waals surface area (Å²) in [6, 6.07) is 22.9. The van der Waals surface area contributed by atoms with Crippen molar-refractivity contribution < 1.29 is 19.1 Å². The number of para-hydroxylation sites is 2. The monoisotopic (exact) mass is 361 g/mol. The molecule has 3 rings (SSSR count). The summed E-state index contributed by atoms with van der Waals surface area (Å²) in [6.45, 7) is 2.00. The van der Waals surface area contributed by atoms with Crippen molar-refractivity contribution in [1.82, 2.24) is 0 Å². The first-order valence-electron chi connectivity index (χ1n) is 8.58. The van der Waals surface area contributed by atoms with Crippen LogP contribution in [-0.2, 0) is 4.74 Å². The molecule has 0 aliphatic carbocycles. The zero-order valence-electron chi connectivity index (χ0n) is 14.8. The van der Waals surface area contributed by atoms with Gasteiger partial charge in [-0.1, -0.05) is 30.3 Å². The maximum atomic E-state index is 12.5. The molecule has 136 valence electrons. The number of benzene rings is 3. The van der Waals surface area contributed by atoms with Gasteiger partial charge in [-0.25, -0.2) is 4.79 Å². The van der Waals surface area contributed by atoms with Gasteiger partial charge in [0.25, 0.3) is 5.91 Å². The lowest BCUT2D eigenvalue weighted by atomic mass is 10.1. The zero-order valence-corrected chi connectivity index (χ0v) is 14.8. The van der Waals surface area contributed by atoms with Gasteiger partial charge < -0.3 is 14.8 Å². The maximum Gasteiger partial charge on any atom is 0.340 e. The molecular weight excluding hydrogens is 342 g/mol. The molecule has 5 heteroatoms. The number of rotatable bonds is 6. The number of ether oxygens (including phenoxy) is 2. The lowest BCUT2D eigenvalue weighted by Crippen LogP contribution is -2.15. The molecule has 1 amide bonds. The molecular formula is C22H19NO4. The van der Waals surface area contributed by atoms with Crippen molar-refractivity contribution in [3.05, 3.63) is 90.0 Å². The Morgan fingerprint density at radius 3 is 2.15 bits per heavy atom. The van der Waals surface area contributed by atoms with E-state index < -0.39 is 5.97 Å². The number of hydrogen-bond acceptors (Lipinski definition) is 4. The van der Waals surface area contributed by atoms with Gasteiger partial charge >= 0.3 is 5.97 Å². The second-order valence-corrected chi connectivity index (χ2v) is 5.66. The van der Waals surface area contributed by atoms with Crippen LogP contribution in [0.15, 0.2) is 78.9 Å². The summed E-state index contributed by atoms with van der Waals surface area (Å²) in [6.07, 6.45) is 0. The SMILES string of the molecule is CCOC(=O)c1ccccc1NC(=O)c1ccc(Oc2ccccc2)cc1. The second kappa shape index (κ2) is 8.67. The average molecular weight is 361 g/mol. The van der Waals surface area contributed by atoms with E-state index in [0.717, 1.165) is 5.75 Å². The van der Waals surface area contributed by atoms with Gasteiger partial charge in [-0.3, -0.25) is 4.79 Å². The number of nitrogens with one attached hydrogen (secondary N) is 1. The van der Waals surface area contributed by atoms with Crippen LogP contribution in [0.25, 0.3) is 0 Å². The van der Waals surface area contributed by atoms with E-state index in [1.807, 2.05) is 30.3 Å². The first kappa shape index (κ1) is 18.2. The number of esters is 1. The van der Waals surface area contributed by atoms with Gasteiger partial charge in [0.05, 0.1) is 17.9 Å². The highest BCUT2D eigenvalue weighted by Gasteiger charge is 2.14. The Balaban J connectivity index is 1.71. The van der Waals surface area contributed by atoms with Gasteiger partial charge in [0.15, 0.2) is 0 Å². The van der Waals surface area contributed by atoms with Crippen LogP contribution in [0.1, 0.15) is 27.6 Å². The van der Waals surface area contributed by atoms with E-state index >= 15 is 0 Å². The highest BCUT2D eigenvalue weighted by Crippen LogP contribution is 2.22. The molecule has 0 aliphatic heterocycles. The fourth-order valence-electron chi connectivity index (χ4n) is 2.47. The topological polar surface area (TPSA) is 64.6 Å². The minimum absolute atomic E-state index is 0.268. The summed E-state index contributed by atoms with van der Waals surface area (Å²) in [7, 11) is 0. The largest absolute Gasteiger partial charge is 0.462 e. The normalized spacial score (nSPS) is 10.1. The summed E-state index contributed by atoms with van der Waals surface area (Å²) in [4.78, 5) is 24.5. The molecule has 0 unspecified atom stereocenters. The Kier molecular flexibility index (Phi) is 5.84. The summed E-state index contributed by atoms with van der Waals surface area (Å²) >= 11 is 0. The summed E-state index contributed by atoms with van der Waals surface area (Å²) < 4.78 is 10.7. The van der Waals surface area contributed by atoms with Crippen LogP contribution in [0.3, 0.4) is 0 Å². The Hall–Kier alpha value is -3.60. The molecule has 1 N–H and O–H groups in total. The summed E-state index contributed by atoms with van der Waals surface area (Å²) in [5.41, 5.74) is 1.18. The van der Waals surface area contributed by atoms with E-state index in [4.69, 9.17) is 9.47 Å². The summed E-state index contributed by atoms with van der Waals surface area (Å²) in [5, 5.41) is 2.75. The van der Waals surface area contributed by atoms with E-state index in [2.05, 4.69) is 5.32 Å². The highest BCUT2D eigenvalue weighted by atomic mass is 16.5. The average Bonchev–Trinajstić information content (AvgIpc) is 2.70. The quantitative estimate of drug-likeness (QED) is 0.634. The Labute approximate surface area is 157 Å². The molecule has 0 saturated carbocycles. The van der Waals surface area contributed by atoms with Crippen LogP contribution in [0, 0.1) is 0 Å². The fraction of sp³-hybridized carbons (Fsp3) is 0.0909. The molecule has 0 radical (unpaired) electrons. The van der Waals surface area contributed by atoms with Gasteiger partial charge in [-0.05, 0) is 55.5 Å². The van der Waals surface area contributed by atoms with Gasteiger partial charge in [0.2, 0.25) is 0 Å². The molecule has 0 aromatic heterocycles. The molecule has 0 aliphatic rings. The van der Waals surface area contributed by atoms with E-state index in [1.54, 1.807) is 55.5 Å². The van der Waals surface area contributed by atoms with Crippen molar-refractivity contribution in [3.63, 3.8) is 0 Å². The van der Waals surface area contributed by atoms with Crippen molar-refractivity contribution in [3.8, 4) is 11.5 Å². The van der Waals surface area contributed by atoms with E-state index in [9.17, 15) is 9.59 Å². The fourth-order valence-corrected chi connectivity index (χ4v) is 2.47. The van der Waals surface area contributed by atoms with Gasteiger partial charge in [-0.15, -0.1) is 0 Å². The zero-order chi connectivity index (χ0) is 19.1. The van der Waals surface area contributed by atoms with Gasteiger partial charge in [-0.2, -0.15) is 0 Å². The van der Waals surface area contributed by atoms with Crippen LogP contribution in [0.2, 0.25) is 0 Å². The van der Waals surface area contributed by atoms with E-state index in [-0.39, 0.29) is 12.5 Å². The third-order valence-electron chi connectivity index (χ3n) is 3.77. The number of amides is 1. The first-order valence-corrected chi connectivity index (χ1v) is 8.58. The number of carbonyl (C=O) groups is 2. The predicted molar refractivity (Wildman–Crippen MR) is 103 cm³/mol. The lowest BCUT2D eigenvalue weighted by Gasteiger charge is -2.11. The Bertz CT molecular complexity index is 921. The molecule has 0 atom stereocenters. The molecule has 3 aromatic carbocycles. The smallest absolute Gasteiger partial charge is 0.340 e. The summed E-state index contributed by atoms with van der Waals surface area (Å²) in [5.74, 6) is 0.556. The van der Waals surface area contributed by atoms with Crippen molar-refractivity contribution in [2.24, 2.45) is 0 Å². The van der Waals surface area contributed by atoms with Crippen molar-refractivity contribution in [2.75, 3.05) is 11.9 Å². The Morgan fingerprint density at radius 1 is 0.815 bits per heavy atom. The predicted octanol–water partition coefficient (Wildman–Crippen LogP) is 4.91. The lowest BCUT2D eigenvalue weighted by molar-refractivity contribution is 0.0527. The number of anilines is 1. The van der Waals surface area contributed by atoms with Crippen molar-refractivity contribution in [1.29, 1.82) is 0 Å². The van der Waals surface area contributed by atoms with Crippen LogP contribution in [0.4, 0.5) is 5.69 Å². The van der Waals surface area contributed by atoms with E-state index in [1.165, 1.54) is 0 Å². The Morgan fingerprint density at radius 2 is 1.44 bits per heavy atom. The number of carbonyl (C=O) groups excluding carboxylic acids is 2. The molecule has 0 bridgehead atoms.